The predicted octanol–water partition coefficient (Wildman–Crippen LogP) is 2.31. The Morgan fingerprint density at radius 1 is 1.15 bits per heavy atom. The molecule has 144 valence electrons. The number of ether oxygens (including phenoxy) is 1. The molecule has 0 aromatic rings. The molecular weight excluding hydrogens is 326 g/mol. The molecule has 3 atom stereocenters. The molecule has 4 aliphatic rings. The summed E-state index contributed by atoms with van der Waals surface area (Å²) in [4.78, 5) is 20.0. The minimum Gasteiger partial charge on any atom is -0.379 e. The van der Waals surface area contributed by atoms with Crippen molar-refractivity contribution in [3.05, 3.63) is 24.6 Å². The molecule has 1 saturated heterocycles. The van der Waals surface area contributed by atoms with E-state index in [-0.39, 0.29) is 11.3 Å². The lowest BCUT2D eigenvalue weighted by Crippen LogP contribution is -2.47. The van der Waals surface area contributed by atoms with E-state index in [4.69, 9.17) is 4.74 Å². The quantitative estimate of drug-likeness (QED) is 0.722. The number of nitrogens with zero attached hydrogens (tertiary/aromatic N) is 3. The summed E-state index contributed by atoms with van der Waals surface area (Å²) in [6.07, 6.45) is 12.2. The van der Waals surface area contributed by atoms with Crippen LogP contribution in [0.1, 0.15) is 33.1 Å². The van der Waals surface area contributed by atoms with Crippen molar-refractivity contribution in [3.8, 4) is 0 Å². The van der Waals surface area contributed by atoms with Crippen molar-refractivity contribution in [2.45, 2.75) is 39.2 Å². The van der Waals surface area contributed by atoms with Gasteiger partial charge < -0.3 is 14.5 Å². The highest BCUT2D eigenvalue weighted by molar-refractivity contribution is 5.85. The highest BCUT2D eigenvalue weighted by Crippen LogP contribution is 2.39. The maximum Gasteiger partial charge on any atom is 0.236 e. The third-order valence-electron chi connectivity index (χ3n) is 6.56. The zero-order valence-corrected chi connectivity index (χ0v) is 16.3. The topological polar surface area (TPSA) is 36.0 Å². The second-order valence-corrected chi connectivity index (χ2v) is 8.80. The van der Waals surface area contributed by atoms with Crippen LogP contribution >= 0.6 is 0 Å². The van der Waals surface area contributed by atoms with E-state index in [1.807, 2.05) is 11.1 Å². The van der Waals surface area contributed by atoms with E-state index < -0.39 is 0 Å². The van der Waals surface area contributed by atoms with Crippen molar-refractivity contribution in [2.75, 3.05) is 45.9 Å². The summed E-state index contributed by atoms with van der Waals surface area (Å²) in [5, 5.41) is 0. The first-order chi connectivity index (χ1) is 12.5. The zero-order valence-electron chi connectivity index (χ0n) is 16.3. The van der Waals surface area contributed by atoms with Crippen molar-refractivity contribution in [1.29, 1.82) is 0 Å². The van der Waals surface area contributed by atoms with E-state index in [1.54, 1.807) is 0 Å². The molecule has 2 aliphatic heterocycles. The molecule has 1 amide bonds. The van der Waals surface area contributed by atoms with Crippen LogP contribution in [0.5, 0.6) is 0 Å². The van der Waals surface area contributed by atoms with Crippen LogP contribution in [-0.2, 0) is 9.53 Å². The fourth-order valence-electron chi connectivity index (χ4n) is 4.64. The van der Waals surface area contributed by atoms with Gasteiger partial charge in [-0.25, -0.2) is 0 Å². The number of hydrogen-bond acceptors (Lipinski definition) is 4. The maximum absolute atomic E-state index is 13.2. The lowest BCUT2D eigenvalue weighted by Gasteiger charge is -2.41. The highest BCUT2D eigenvalue weighted by Gasteiger charge is 2.40. The van der Waals surface area contributed by atoms with E-state index in [0.29, 0.717) is 11.8 Å². The summed E-state index contributed by atoms with van der Waals surface area (Å²) in [6, 6.07) is 0.731. The van der Waals surface area contributed by atoms with E-state index in [0.717, 1.165) is 58.4 Å². The van der Waals surface area contributed by atoms with Gasteiger partial charge in [0.15, 0.2) is 0 Å². The molecule has 4 rings (SSSR count). The van der Waals surface area contributed by atoms with Gasteiger partial charge in [0.2, 0.25) is 5.91 Å². The average molecular weight is 360 g/mol. The molecule has 0 aromatic carbocycles. The lowest BCUT2D eigenvalue weighted by atomic mass is 9.70. The van der Waals surface area contributed by atoms with Crippen molar-refractivity contribution in [3.63, 3.8) is 0 Å². The molecule has 5 heteroatoms. The van der Waals surface area contributed by atoms with Gasteiger partial charge in [-0.2, -0.15) is 0 Å². The van der Waals surface area contributed by atoms with Gasteiger partial charge in [-0.3, -0.25) is 9.69 Å². The van der Waals surface area contributed by atoms with Crippen LogP contribution in [0.4, 0.5) is 0 Å². The van der Waals surface area contributed by atoms with Crippen LogP contribution in [0.25, 0.3) is 0 Å². The van der Waals surface area contributed by atoms with Crippen molar-refractivity contribution in [1.82, 2.24) is 14.7 Å². The maximum atomic E-state index is 13.2. The average Bonchev–Trinajstić information content (AvgIpc) is 3.50. The highest BCUT2D eigenvalue weighted by atomic mass is 16.5. The minimum atomic E-state index is -0.368. The standard InChI is InChI=1S/C21H33N3O2/c1-17-15-21(2,6-5-18(17)16-22-11-13-26-14-12-22)20(25)24-9-7-23(8-10-24)19-3-4-19/h5-7,9,17-19H,3-4,8,10-16H2,1-2H3. The van der Waals surface area contributed by atoms with Crippen molar-refractivity contribution in [2.24, 2.45) is 17.3 Å². The summed E-state index contributed by atoms with van der Waals surface area (Å²) in [6.45, 7) is 11.1. The number of carbonyl (C=O) groups is 1. The predicted molar refractivity (Wildman–Crippen MR) is 102 cm³/mol. The monoisotopic (exact) mass is 359 g/mol. The van der Waals surface area contributed by atoms with E-state index >= 15 is 0 Å². The Morgan fingerprint density at radius 3 is 2.54 bits per heavy atom. The molecule has 2 aliphatic carbocycles. The number of carbonyl (C=O) groups excluding carboxylic acids is 1. The third-order valence-corrected chi connectivity index (χ3v) is 6.56. The smallest absolute Gasteiger partial charge is 0.236 e. The molecule has 2 fully saturated rings. The zero-order chi connectivity index (χ0) is 18.1. The molecular formula is C21H33N3O2. The van der Waals surface area contributed by atoms with E-state index in [9.17, 15) is 4.79 Å². The molecule has 1 saturated carbocycles. The molecule has 0 radical (unpaired) electrons. The van der Waals surface area contributed by atoms with Gasteiger partial charge in [-0.1, -0.05) is 19.1 Å². The number of morpholine rings is 1. The van der Waals surface area contributed by atoms with Crippen LogP contribution in [-0.4, -0.2) is 72.6 Å². The van der Waals surface area contributed by atoms with Crippen molar-refractivity contribution >= 4 is 5.91 Å². The molecule has 3 unspecified atom stereocenters. The third kappa shape index (κ3) is 3.84. The second-order valence-electron chi connectivity index (χ2n) is 8.80. The number of amides is 1. The summed E-state index contributed by atoms with van der Waals surface area (Å²) in [7, 11) is 0. The van der Waals surface area contributed by atoms with Crippen LogP contribution in [0, 0.1) is 17.3 Å². The Kier molecular flexibility index (Phi) is 5.11. The minimum absolute atomic E-state index is 0.261. The van der Waals surface area contributed by atoms with Gasteiger partial charge in [0.05, 0.1) is 18.6 Å². The normalized spacial score (nSPS) is 35.8. The van der Waals surface area contributed by atoms with Crippen LogP contribution < -0.4 is 0 Å². The van der Waals surface area contributed by atoms with Gasteiger partial charge in [0, 0.05) is 51.2 Å². The number of hydrogen-bond donors (Lipinski definition) is 0. The van der Waals surface area contributed by atoms with Crippen LogP contribution in [0.3, 0.4) is 0 Å². The Hall–Kier alpha value is -1.33. The fraction of sp³-hybridized carbons (Fsp3) is 0.762. The summed E-state index contributed by atoms with van der Waals surface area (Å²) in [5.74, 6) is 1.32. The largest absolute Gasteiger partial charge is 0.379 e. The Morgan fingerprint density at radius 2 is 1.92 bits per heavy atom. The molecule has 2 heterocycles. The van der Waals surface area contributed by atoms with Gasteiger partial charge in [-0.05, 0) is 38.0 Å². The molecule has 0 spiro atoms. The van der Waals surface area contributed by atoms with Gasteiger partial charge >= 0.3 is 0 Å². The second kappa shape index (κ2) is 7.35. The molecule has 0 aromatic heterocycles. The van der Waals surface area contributed by atoms with Crippen molar-refractivity contribution < 1.29 is 9.53 Å². The lowest BCUT2D eigenvalue weighted by molar-refractivity contribution is -0.137. The first kappa shape index (κ1) is 18.1. The summed E-state index contributed by atoms with van der Waals surface area (Å²) in [5.41, 5.74) is -0.368. The van der Waals surface area contributed by atoms with Gasteiger partial charge in [-0.15, -0.1) is 0 Å². The molecule has 0 bridgehead atoms. The first-order valence-corrected chi connectivity index (χ1v) is 10.3. The molecule has 5 nitrogen and oxygen atoms in total. The Bertz CT molecular complexity index is 580. The SMILES string of the molecule is CC1CC(C)(C(=O)N2C=CN(C3CC3)CC2)C=CC1CN1CCOCC1. The first-order valence-electron chi connectivity index (χ1n) is 10.3. The van der Waals surface area contributed by atoms with E-state index in [1.165, 1.54) is 12.8 Å². The molecule has 0 N–H and O–H groups in total. The summed E-state index contributed by atoms with van der Waals surface area (Å²) >= 11 is 0. The van der Waals surface area contributed by atoms with Gasteiger partial charge in [0.25, 0.3) is 0 Å². The van der Waals surface area contributed by atoms with E-state index in [2.05, 4.69) is 42.0 Å². The Balaban J connectivity index is 1.37. The number of rotatable bonds is 4. The van der Waals surface area contributed by atoms with Crippen LogP contribution in [0.15, 0.2) is 24.6 Å². The fourth-order valence-corrected chi connectivity index (χ4v) is 4.64. The summed E-state index contributed by atoms with van der Waals surface area (Å²) < 4.78 is 5.45. The Labute approximate surface area is 157 Å². The van der Waals surface area contributed by atoms with Crippen LogP contribution in [0.2, 0.25) is 0 Å². The van der Waals surface area contributed by atoms with Gasteiger partial charge in [0.1, 0.15) is 0 Å². The molecule has 26 heavy (non-hydrogen) atoms.